The maximum absolute atomic E-state index is 12.1. The Morgan fingerprint density at radius 3 is 2.31 bits per heavy atom. The summed E-state index contributed by atoms with van der Waals surface area (Å²) in [7, 11) is 0. The summed E-state index contributed by atoms with van der Waals surface area (Å²) in [6, 6.07) is 13.1. The van der Waals surface area contributed by atoms with E-state index in [4.69, 9.17) is 9.47 Å². The number of hydrazine groups is 1. The second kappa shape index (κ2) is 8.89. The number of hydrogen-bond donors (Lipinski definition) is 2. The molecule has 0 aliphatic rings. The van der Waals surface area contributed by atoms with E-state index in [0.29, 0.717) is 11.5 Å². The third-order valence-electron chi connectivity index (χ3n) is 3.76. The first-order chi connectivity index (χ1) is 12.4. The molecule has 0 aliphatic heterocycles. The van der Waals surface area contributed by atoms with Crippen molar-refractivity contribution in [1.82, 2.24) is 10.9 Å². The lowest BCUT2D eigenvalue weighted by atomic mass is 10.1. The minimum Gasteiger partial charge on any atom is -0.484 e. The third kappa shape index (κ3) is 5.51. The van der Waals surface area contributed by atoms with Crippen molar-refractivity contribution in [2.24, 2.45) is 0 Å². The van der Waals surface area contributed by atoms with Gasteiger partial charge in [0.2, 0.25) is 0 Å². The monoisotopic (exact) mass is 356 g/mol. The lowest BCUT2D eigenvalue weighted by Crippen LogP contribution is -2.48. The van der Waals surface area contributed by atoms with Crippen molar-refractivity contribution in [2.75, 3.05) is 6.61 Å². The van der Waals surface area contributed by atoms with Gasteiger partial charge in [0.1, 0.15) is 11.5 Å². The van der Waals surface area contributed by atoms with Gasteiger partial charge in [-0.15, -0.1) is 0 Å². The second-order valence-electron chi connectivity index (χ2n) is 6.12. The molecule has 2 rings (SSSR count). The summed E-state index contributed by atoms with van der Waals surface area (Å²) in [6.45, 7) is 7.19. The van der Waals surface area contributed by atoms with Crippen molar-refractivity contribution in [1.29, 1.82) is 0 Å². The van der Waals surface area contributed by atoms with Crippen LogP contribution >= 0.6 is 0 Å². The number of aryl methyl sites for hydroxylation is 3. The lowest BCUT2D eigenvalue weighted by Gasteiger charge is -2.18. The average Bonchev–Trinajstić information content (AvgIpc) is 2.61. The zero-order chi connectivity index (χ0) is 19.1. The molecular formula is C20H24N2O4. The van der Waals surface area contributed by atoms with Gasteiger partial charge in [0.05, 0.1) is 0 Å². The van der Waals surface area contributed by atoms with Crippen LogP contribution in [0.25, 0.3) is 0 Å². The van der Waals surface area contributed by atoms with Crippen LogP contribution in [0.1, 0.15) is 23.6 Å². The van der Waals surface area contributed by atoms with Gasteiger partial charge in [0, 0.05) is 0 Å². The van der Waals surface area contributed by atoms with Gasteiger partial charge in [0.15, 0.2) is 12.7 Å². The van der Waals surface area contributed by atoms with E-state index < -0.39 is 17.9 Å². The van der Waals surface area contributed by atoms with Gasteiger partial charge >= 0.3 is 0 Å². The maximum Gasteiger partial charge on any atom is 0.279 e. The first kappa shape index (κ1) is 19.3. The molecular weight excluding hydrogens is 332 g/mol. The molecule has 0 fully saturated rings. The molecule has 0 spiro atoms. The molecule has 0 saturated heterocycles. The van der Waals surface area contributed by atoms with Crippen molar-refractivity contribution in [3.05, 3.63) is 59.2 Å². The molecule has 6 heteroatoms. The van der Waals surface area contributed by atoms with E-state index in [9.17, 15) is 9.59 Å². The summed E-state index contributed by atoms with van der Waals surface area (Å²) in [5.41, 5.74) is 7.59. The van der Waals surface area contributed by atoms with Crippen LogP contribution in [0, 0.1) is 20.8 Å². The quantitative estimate of drug-likeness (QED) is 0.780. The smallest absolute Gasteiger partial charge is 0.279 e. The van der Waals surface area contributed by atoms with E-state index in [1.165, 1.54) is 0 Å². The lowest BCUT2D eigenvalue weighted by molar-refractivity contribution is -0.133. The van der Waals surface area contributed by atoms with Crippen molar-refractivity contribution in [3.8, 4) is 11.5 Å². The van der Waals surface area contributed by atoms with Gasteiger partial charge in [-0.05, 0) is 56.5 Å². The predicted octanol–water partition coefficient (Wildman–Crippen LogP) is 2.61. The van der Waals surface area contributed by atoms with Gasteiger partial charge < -0.3 is 9.47 Å². The second-order valence-corrected chi connectivity index (χ2v) is 6.12. The zero-order valence-corrected chi connectivity index (χ0v) is 15.5. The van der Waals surface area contributed by atoms with Crippen molar-refractivity contribution < 1.29 is 19.1 Å². The molecule has 26 heavy (non-hydrogen) atoms. The van der Waals surface area contributed by atoms with Crippen LogP contribution in [-0.4, -0.2) is 24.5 Å². The number of para-hydroxylation sites is 1. The Morgan fingerprint density at radius 2 is 1.65 bits per heavy atom. The van der Waals surface area contributed by atoms with Gasteiger partial charge in [-0.1, -0.05) is 30.3 Å². The van der Waals surface area contributed by atoms with E-state index in [2.05, 4.69) is 10.9 Å². The van der Waals surface area contributed by atoms with Gasteiger partial charge in [-0.2, -0.15) is 0 Å². The molecule has 0 aliphatic carbocycles. The molecule has 0 radical (unpaired) electrons. The fourth-order valence-corrected chi connectivity index (χ4v) is 2.34. The van der Waals surface area contributed by atoms with Crippen LogP contribution in [0.2, 0.25) is 0 Å². The first-order valence-electron chi connectivity index (χ1n) is 8.38. The minimum absolute atomic E-state index is 0.199. The fraction of sp³-hybridized carbons (Fsp3) is 0.300. The summed E-state index contributed by atoms with van der Waals surface area (Å²) in [5.74, 6) is 0.359. The van der Waals surface area contributed by atoms with E-state index in [0.717, 1.165) is 16.7 Å². The third-order valence-corrected chi connectivity index (χ3v) is 3.76. The van der Waals surface area contributed by atoms with E-state index >= 15 is 0 Å². The Morgan fingerprint density at radius 1 is 1.00 bits per heavy atom. The molecule has 6 nitrogen and oxygen atoms in total. The standard InChI is InChI=1S/C20H24N2O4/c1-13-7-5-10-17(11-13)25-12-18(23)21-22-20(24)16(4)26-19-14(2)8-6-9-15(19)3/h5-11,16H,12H2,1-4H3,(H,21,23)(H,22,24). The molecule has 0 heterocycles. The molecule has 138 valence electrons. The maximum atomic E-state index is 12.1. The van der Waals surface area contributed by atoms with Crippen molar-refractivity contribution >= 4 is 11.8 Å². The highest BCUT2D eigenvalue weighted by Crippen LogP contribution is 2.23. The van der Waals surface area contributed by atoms with Gasteiger partial charge in [0.25, 0.3) is 11.8 Å². The summed E-state index contributed by atoms with van der Waals surface area (Å²) >= 11 is 0. The number of hydrogen-bond acceptors (Lipinski definition) is 4. The Kier molecular flexibility index (Phi) is 6.60. The van der Waals surface area contributed by atoms with Gasteiger partial charge in [-0.3, -0.25) is 20.4 Å². The summed E-state index contributed by atoms with van der Waals surface area (Å²) < 4.78 is 11.1. The molecule has 2 amide bonds. The van der Waals surface area contributed by atoms with Crippen LogP contribution in [0.4, 0.5) is 0 Å². The van der Waals surface area contributed by atoms with Gasteiger partial charge in [-0.25, -0.2) is 0 Å². The summed E-state index contributed by atoms with van der Waals surface area (Å²) in [5, 5.41) is 0. The summed E-state index contributed by atoms with van der Waals surface area (Å²) in [6.07, 6.45) is -0.757. The number of rotatable bonds is 6. The van der Waals surface area contributed by atoms with Crippen LogP contribution in [0.15, 0.2) is 42.5 Å². The minimum atomic E-state index is -0.757. The fourth-order valence-electron chi connectivity index (χ4n) is 2.34. The van der Waals surface area contributed by atoms with Crippen LogP contribution in [0.3, 0.4) is 0 Å². The highest BCUT2D eigenvalue weighted by molar-refractivity contribution is 5.85. The molecule has 1 unspecified atom stereocenters. The highest BCUT2D eigenvalue weighted by Gasteiger charge is 2.17. The Balaban J connectivity index is 1.79. The number of carbonyl (C=O) groups is 2. The van der Waals surface area contributed by atoms with E-state index in [1.54, 1.807) is 13.0 Å². The van der Waals surface area contributed by atoms with Crippen LogP contribution in [0.5, 0.6) is 11.5 Å². The van der Waals surface area contributed by atoms with Crippen LogP contribution in [-0.2, 0) is 9.59 Å². The molecule has 0 saturated carbocycles. The normalized spacial score (nSPS) is 11.4. The Hall–Kier alpha value is -3.02. The average molecular weight is 356 g/mol. The first-order valence-corrected chi connectivity index (χ1v) is 8.38. The van der Waals surface area contributed by atoms with Crippen molar-refractivity contribution in [2.45, 2.75) is 33.8 Å². The Bertz CT molecular complexity index is 769. The predicted molar refractivity (Wildman–Crippen MR) is 99.0 cm³/mol. The summed E-state index contributed by atoms with van der Waals surface area (Å²) in [4.78, 5) is 23.9. The molecule has 2 aromatic carbocycles. The molecule has 2 N–H and O–H groups in total. The number of ether oxygens (including phenoxy) is 2. The number of nitrogens with one attached hydrogen (secondary N) is 2. The highest BCUT2D eigenvalue weighted by atomic mass is 16.5. The Labute approximate surface area is 153 Å². The molecule has 0 aromatic heterocycles. The molecule has 0 bridgehead atoms. The topological polar surface area (TPSA) is 76.7 Å². The van der Waals surface area contributed by atoms with Crippen molar-refractivity contribution in [3.63, 3.8) is 0 Å². The molecule has 1 atom stereocenters. The van der Waals surface area contributed by atoms with E-state index in [1.807, 2.05) is 57.2 Å². The zero-order valence-electron chi connectivity index (χ0n) is 15.5. The molecule has 2 aromatic rings. The number of carbonyl (C=O) groups excluding carboxylic acids is 2. The number of amides is 2. The number of benzene rings is 2. The van der Waals surface area contributed by atoms with Crippen LogP contribution < -0.4 is 20.3 Å². The SMILES string of the molecule is Cc1cccc(OCC(=O)NNC(=O)C(C)Oc2c(C)cccc2C)c1. The van der Waals surface area contributed by atoms with E-state index in [-0.39, 0.29) is 6.61 Å². The largest absolute Gasteiger partial charge is 0.484 e.